The molecule has 0 saturated carbocycles. The molecule has 3 aromatic rings. The maximum Gasteiger partial charge on any atom is 0.163 e. The number of anilines is 1. The summed E-state index contributed by atoms with van der Waals surface area (Å²) in [4.78, 5) is 0. The number of fused-ring (bicyclic) bond motifs is 1. The molecule has 29 heavy (non-hydrogen) atoms. The summed E-state index contributed by atoms with van der Waals surface area (Å²) >= 11 is 9.60. The zero-order valence-corrected chi connectivity index (χ0v) is 17.7. The van der Waals surface area contributed by atoms with Crippen LogP contribution in [-0.2, 0) is 13.2 Å². The van der Waals surface area contributed by atoms with Crippen molar-refractivity contribution >= 4 is 33.2 Å². The van der Waals surface area contributed by atoms with E-state index in [1.807, 2.05) is 36.4 Å². The summed E-state index contributed by atoms with van der Waals surface area (Å²) in [6.07, 6.45) is 0. The van der Waals surface area contributed by atoms with E-state index in [2.05, 4.69) is 21.2 Å². The topological polar surface area (TPSA) is 39.7 Å². The SMILES string of the molecule is Fc1ccc(COc2ccc(Br)cc2CNc2ccc3c(c2)OCCO3)c(Cl)c1. The zero-order chi connectivity index (χ0) is 20.2. The van der Waals surface area contributed by atoms with Crippen molar-refractivity contribution < 1.29 is 18.6 Å². The number of ether oxygens (including phenoxy) is 3. The molecule has 0 aromatic heterocycles. The van der Waals surface area contributed by atoms with Crippen LogP contribution in [0.15, 0.2) is 59.1 Å². The molecule has 1 heterocycles. The van der Waals surface area contributed by atoms with E-state index in [0.29, 0.717) is 24.8 Å². The van der Waals surface area contributed by atoms with Crippen LogP contribution >= 0.6 is 27.5 Å². The lowest BCUT2D eigenvalue weighted by molar-refractivity contribution is 0.171. The fourth-order valence-electron chi connectivity index (χ4n) is 2.97. The standard InChI is InChI=1S/C22H18BrClFNO3/c23-16-2-5-20(29-13-14-1-3-17(25)10-19(14)24)15(9-16)12-26-18-4-6-21-22(11-18)28-8-7-27-21/h1-6,9-11,26H,7-8,12-13H2. The largest absolute Gasteiger partial charge is 0.488 e. The zero-order valence-electron chi connectivity index (χ0n) is 15.4. The van der Waals surface area contributed by atoms with Gasteiger partial charge in [0.2, 0.25) is 0 Å². The fraction of sp³-hybridized carbons (Fsp3) is 0.182. The van der Waals surface area contributed by atoms with Gasteiger partial charge in [0.25, 0.3) is 0 Å². The van der Waals surface area contributed by atoms with Crippen LogP contribution in [0.1, 0.15) is 11.1 Å². The average Bonchev–Trinajstić information content (AvgIpc) is 2.72. The normalized spacial score (nSPS) is 12.5. The minimum atomic E-state index is -0.369. The first-order chi connectivity index (χ1) is 14.1. The second-order valence-corrected chi connectivity index (χ2v) is 7.81. The van der Waals surface area contributed by atoms with E-state index in [1.54, 1.807) is 6.07 Å². The molecule has 1 aliphatic heterocycles. The average molecular weight is 479 g/mol. The Hall–Kier alpha value is -2.44. The Labute approximate surface area is 181 Å². The Morgan fingerprint density at radius 3 is 2.62 bits per heavy atom. The molecule has 1 aliphatic rings. The van der Waals surface area contributed by atoms with Crippen LogP contribution in [0.3, 0.4) is 0 Å². The number of hydrogen-bond donors (Lipinski definition) is 1. The molecule has 150 valence electrons. The van der Waals surface area contributed by atoms with Crippen molar-refractivity contribution in [2.75, 3.05) is 18.5 Å². The van der Waals surface area contributed by atoms with Crippen molar-refractivity contribution in [2.24, 2.45) is 0 Å². The molecule has 0 radical (unpaired) electrons. The predicted molar refractivity (Wildman–Crippen MR) is 115 cm³/mol. The number of nitrogens with one attached hydrogen (secondary N) is 1. The maximum absolute atomic E-state index is 13.2. The van der Waals surface area contributed by atoms with E-state index < -0.39 is 0 Å². The van der Waals surface area contributed by atoms with E-state index in [9.17, 15) is 4.39 Å². The van der Waals surface area contributed by atoms with Crippen molar-refractivity contribution in [1.29, 1.82) is 0 Å². The minimum Gasteiger partial charge on any atom is -0.488 e. The molecule has 3 aromatic carbocycles. The highest BCUT2D eigenvalue weighted by Crippen LogP contribution is 2.33. The lowest BCUT2D eigenvalue weighted by Crippen LogP contribution is -2.15. The first-order valence-corrected chi connectivity index (χ1v) is 10.2. The van der Waals surface area contributed by atoms with Gasteiger partial charge in [0, 0.05) is 33.9 Å². The van der Waals surface area contributed by atoms with E-state index in [0.717, 1.165) is 38.5 Å². The van der Waals surface area contributed by atoms with Gasteiger partial charge in [0.05, 0.1) is 5.02 Å². The molecule has 7 heteroatoms. The Morgan fingerprint density at radius 2 is 1.79 bits per heavy atom. The van der Waals surface area contributed by atoms with Gasteiger partial charge in [-0.25, -0.2) is 4.39 Å². The third kappa shape index (κ3) is 4.95. The molecular formula is C22H18BrClFNO3. The third-order valence-corrected chi connectivity index (χ3v) is 5.29. The molecule has 0 fully saturated rings. The lowest BCUT2D eigenvalue weighted by atomic mass is 10.2. The van der Waals surface area contributed by atoms with Gasteiger partial charge in [-0.1, -0.05) is 33.6 Å². The maximum atomic E-state index is 13.2. The molecule has 1 N–H and O–H groups in total. The van der Waals surface area contributed by atoms with Crippen molar-refractivity contribution in [3.8, 4) is 17.2 Å². The summed E-state index contributed by atoms with van der Waals surface area (Å²) < 4.78 is 31.3. The van der Waals surface area contributed by atoms with Gasteiger partial charge in [-0.05, 0) is 42.5 Å². The van der Waals surface area contributed by atoms with Gasteiger partial charge in [0.1, 0.15) is 31.4 Å². The highest BCUT2D eigenvalue weighted by atomic mass is 79.9. The Balaban J connectivity index is 1.46. The fourth-order valence-corrected chi connectivity index (χ4v) is 3.60. The van der Waals surface area contributed by atoms with Gasteiger partial charge in [-0.2, -0.15) is 0 Å². The highest BCUT2D eigenvalue weighted by Gasteiger charge is 2.12. The Morgan fingerprint density at radius 1 is 0.966 bits per heavy atom. The molecule has 0 aliphatic carbocycles. The van der Waals surface area contributed by atoms with E-state index >= 15 is 0 Å². The summed E-state index contributed by atoms with van der Waals surface area (Å²) in [6, 6.07) is 15.8. The van der Waals surface area contributed by atoms with Crippen LogP contribution in [-0.4, -0.2) is 13.2 Å². The van der Waals surface area contributed by atoms with E-state index in [-0.39, 0.29) is 12.4 Å². The van der Waals surface area contributed by atoms with E-state index in [4.69, 9.17) is 25.8 Å². The molecule has 0 spiro atoms. The van der Waals surface area contributed by atoms with Crippen molar-refractivity contribution in [3.05, 3.63) is 81.0 Å². The molecule has 0 atom stereocenters. The van der Waals surface area contributed by atoms with Crippen LogP contribution in [0.5, 0.6) is 17.2 Å². The van der Waals surface area contributed by atoms with Crippen molar-refractivity contribution in [1.82, 2.24) is 0 Å². The first kappa shape index (κ1) is 19.9. The molecule has 4 rings (SSSR count). The number of rotatable bonds is 6. The van der Waals surface area contributed by atoms with Crippen molar-refractivity contribution in [2.45, 2.75) is 13.2 Å². The second-order valence-electron chi connectivity index (χ2n) is 6.49. The molecule has 4 nitrogen and oxygen atoms in total. The van der Waals surface area contributed by atoms with Crippen LogP contribution in [0.25, 0.3) is 0 Å². The molecule has 0 amide bonds. The Bertz CT molecular complexity index is 1030. The van der Waals surface area contributed by atoms with Gasteiger partial charge in [0.15, 0.2) is 11.5 Å². The van der Waals surface area contributed by atoms with Crippen LogP contribution in [0.2, 0.25) is 5.02 Å². The summed E-state index contributed by atoms with van der Waals surface area (Å²) in [7, 11) is 0. The van der Waals surface area contributed by atoms with E-state index in [1.165, 1.54) is 12.1 Å². The van der Waals surface area contributed by atoms with Crippen molar-refractivity contribution in [3.63, 3.8) is 0 Å². The van der Waals surface area contributed by atoms with Gasteiger partial charge in [-0.15, -0.1) is 0 Å². The predicted octanol–water partition coefficient (Wildman–Crippen LogP) is 6.20. The summed E-state index contributed by atoms with van der Waals surface area (Å²) in [5, 5.41) is 3.73. The molecule has 0 saturated heterocycles. The molecular weight excluding hydrogens is 461 g/mol. The van der Waals surface area contributed by atoms with Crippen LogP contribution < -0.4 is 19.5 Å². The minimum absolute atomic E-state index is 0.248. The number of halogens is 3. The molecule has 0 bridgehead atoms. The summed E-state index contributed by atoms with van der Waals surface area (Å²) in [5.41, 5.74) is 2.61. The van der Waals surface area contributed by atoms with Gasteiger partial charge >= 0.3 is 0 Å². The van der Waals surface area contributed by atoms with Crippen LogP contribution in [0, 0.1) is 5.82 Å². The quantitative estimate of drug-likeness (QED) is 0.458. The second kappa shape index (κ2) is 8.93. The Kier molecular flexibility index (Phi) is 6.11. The monoisotopic (exact) mass is 477 g/mol. The van der Waals surface area contributed by atoms with Crippen LogP contribution in [0.4, 0.5) is 10.1 Å². The highest BCUT2D eigenvalue weighted by molar-refractivity contribution is 9.10. The van der Waals surface area contributed by atoms with Gasteiger partial charge in [-0.3, -0.25) is 0 Å². The number of benzene rings is 3. The van der Waals surface area contributed by atoms with Gasteiger partial charge < -0.3 is 19.5 Å². The third-order valence-electron chi connectivity index (χ3n) is 4.45. The summed E-state index contributed by atoms with van der Waals surface area (Å²) in [6.45, 7) is 1.91. The number of hydrogen-bond acceptors (Lipinski definition) is 4. The summed E-state index contributed by atoms with van der Waals surface area (Å²) in [5.74, 6) is 1.84. The first-order valence-electron chi connectivity index (χ1n) is 9.07. The molecule has 0 unspecified atom stereocenters. The smallest absolute Gasteiger partial charge is 0.163 e. The lowest BCUT2D eigenvalue weighted by Gasteiger charge is -2.19.